The predicted octanol–water partition coefficient (Wildman–Crippen LogP) is 2.67. The normalized spacial score (nSPS) is 10.6. The molecule has 20 heavy (non-hydrogen) atoms. The van der Waals surface area contributed by atoms with Crippen LogP contribution >= 0.6 is 11.3 Å². The lowest BCUT2D eigenvalue weighted by molar-refractivity contribution is 0.102. The van der Waals surface area contributed by atoms with Gasteiger partial charge in [0, 0.05) is 17.1 Å². The van der Waals surface area contributed by atoms with Crippen LogP contribution in [0.5, 0.6) is 5.75 Å². The van der Waals surface area contributed by atoms with Gasteiger partial charge in [0.25, 0.3) is 5.91 Å². The zero-order valence-corrected chi connectivity index (χ0v) is 12.1. The van der Waals surface area contributed by atoms with Crippen LogP contribution in [0.2, 0.25) is 0 Å². The summed E-state index contributed by atoms with van der Waals surface area (Å²) in [5.41, 5.74) is 1.06. The molecule has 0 saturated carbocycles. The fraction of sp³-hybridized carbons (Fsp3) is 0.286. The molecule has 0 aliphatic heterocycles. The number of aromatic nitrogens is 1. The van der Waals surface area contributed by atoms with E-state index in [4.69, 9.17) is 4.74 Å². The van der Waals surface area contributed by atoms with E-state index in [1.165, 1.54) is 11.3 Å². The van der Waals surface area contributed by atoms with Gasteiger partial charge in [-0.05, 0) is 37.6 Å². The van der Waals surface area contributed by atoms with Crippen molar-refractivity contribution in [3.8, 4) is 5.75 Å². The van der Waals surface area contributed by atoms with Gasteiger partial charge >= 0.3 is 0 Å². The molecule has 106 valence electrons. The van der Waals surface area contributed by atoms with E-state index >= 15 is 0 Å². The second-order valence-corrected chi connectivity index (χ2v) is 5.38. The summed E-state index contributed by atoms with van der Waals surface area (Å²) in [6.45, 7) is 3.66. The number of aliphatic hydroxyl groups is 1. The number of carbonyl (C=O) groups is 1. The number of amides is 1. The third-order valence-electron chi connectivity index (χ3n) is 2.44. The molecule has 0 bridgehead atoms. The van der Waals surface area contributed by atoms with E-state index in [-0.39, 0.29) is 18.6 Å². The number of rotatable bonds is 5. The SMILES string of the molecule is CC(C)Oc1cc(CO)cc(C(=O)Nc2nccs2)c1. The number of anilines is 1. The molecule has 0 saturated heterocycles. The van der Waals surface area contributed by atoms with E-state index in [0.717, 1.165) is 0 Å². The number of nitrogens with one attached hydrogen (secondary N) is 1. The highest BCUT2D eigenvalue weighted by atomic mass is 32.1. The first-order valence-electron chi connectivity index (χ1n) is 6.21. The van der Waals surface area contributed by atoms with Crippen LogP contribution in [0.3, 0.4) is 0 Å². The molecule has 5 nitrogen and oxygen atoms in total. The third-order valence-corrected chi connectivity index (χ3v) is 3.12. The average Bonchev–Trinajstić information content (AvgIpc) is 2.90. The predicted molar refractivity (Wildman–Crippen MR) is 78.2 cm³/mol. The van der Waals surface area contributed by atoms with E-state index in [2.05, 4.69) is 10.3 Å². The van der Waals surface area contributed by atoms with E-state index in [9.17, 15) is 9.90 Å². The van der Waals surface area contributed by atoms with Crippen LogP contribution in [0.15, 0.2) is 29.8 Å². The Kier molecular flexibility index (Phi) is 4.70. The largest absolute Gasteiger partial charge is 0.491 e. The lowest BCUT2D eigenvalue weighted by atomic mass is 10.1. The van der Waals surface area contributed by atoms with Crippen molar-refractivity contribution in [3.63, 3.8) is 0 Å². The number of ether oxygens (including phenoxy) is 1. The molecule has 2 N–H and O–H groups in total. The maximum atomic E-state index is 12.1. The van der Waals surface area contributed by atoms with Gasteiger partial charge in [0.1, 0.15) is 5.75 Å². The molecule has 2 aromatic rings. The molecule has 1 aromatic heterocycles. The first kappa shape index (κ1) is 14.5. The number of nitrogens with zero attached hydrogens (tertiary/aromatic N) is 1. The lowest BCUT2D eigenvalue weighted by Crippen LogP contribution is -2.13. The molecule has 0 spiro atoms. The first-order chi connectivity index (χ1) is 9.58. The van der Waals surface area contributed by atoms with Crippen LogP contribution in [0.4, 0.5) is 5.13 Å². The van der Waals surface area contributed by atoms with E-state index in [0.29, 0.717) is 22.0 Å². The first-order valence-corrected chi connectivity index (χ1v) is 7.09. The number of carbonyl (C=O) groups excluding carboxylic acids is 1. The van der Waals surface area contributed by atoms with E-state index in [1.807, 2.05) is 13.8 Å². The van der Waals surface area contributed by atoms with Crippen LogP contribution in [0.25, 0.3) is 0 Å². The number of hydrogen-bond acceptors (Lipinski definition) is 5. The van der Waals surface area contributed by atoms with Crippen molar-refractivity contribution < 1.29 is 14.6 Å². The van der Waals surface area contributed by atoms with Crippen LogP contribution in [0.1, 0.15) is 29.8 Å². The highest BCUT2D eigenvalue weighted by Crippen LogP contribution is 2.20. The lowest BCUT2D eigenvalue weighted by Gasteiger charge is -2.12. The summed E-state index contributed by atoms with van der Waals surface area (Å²) in [4.78, 5) is 16.1. The van der Waals surface area contributed by atoms with Crippen molar-refractivity contribution >= 4 is 22.4 Å². The standard InChI is InChI=1S/C14H16N2O3S/c1-9(2)19-12-6-10(8-17)5-11(7-12)13(18)16-14-15-3-4-20-14/h3-7,9,17H,8H2,1-2H3,(H,15,16,18). The maximum Gasteiger partial charge on any atom is 0.257 e. The summed E-state index contributed by atoms with van der Waals surface area (Å²) in [5, 5.41) is 14.3. The fourth-order valence-electron chi connectivity index (χ4n) is 1.68. The summed E-state index contributed by atoms with van der Waals surface area (Å²) >= 11 is 1.35. The van der Waals surface area contributed by atoms with E-state index in [1.54, 1.807) is 29.8 Å². The Morgan fingerprint density at radius 1 is 1.45 bits per heavy atom. The van der Waals surface area contributed by atoms with Crippen LogP contribution < -0.4 is 10.1 Å². The minimum atomic E-state index is -0.274. The number of benzene rings is 1. The monoisotopic (exact) mass is 292 g/mol. The van der Waals surface area contributed by atoms with Gasteiger partial charge in [-0.3, -0.25) is 10.1 Å². The molecule has 0 unspecified atom stereocenters. The zero-order chi connectivity index (χ0) is 14.5. The molecule has 2 rings (SSSR count). The molecular weight excluding hydrogens is 276 g/mol. The highest BCUT2D eigenvalue weighted by molar-refractivity contribution is 7.13. The Morgan fingerprint density at radius 3 is 2.85 bits per heavy atom. The van der Waals surface area contributed by atoms with Gasteiger partial charge in [0.2, 0.25) is 0 Å². The molecule has 0 aliphatic rings. The average molecular weight is 292 g/mol. The molecule has 6 heteroatoms. The Hall–Kier alpha value is -1.92. The van der Waals surface area contributed by atoms with Crippen molar-refractivity contribution in [1.29, 1.82) is 0 Å². The maximum absolute atomic E-state index is 12.1. The van der Waals surface area contributed by atoms with Gasteiger partial charge in [-0.25, -0.2) is 4.98 Å². The summed E-state index contributed by atoms with van der Waals surface area (Å²) in [5.74, 6) is 0.291. The van der Waals surface area contributed by atoms with Gasteiger partial charge in [0.15, 0.2) is 5.13 Å². The van der Waals surface area contributed by atoms with Crippen molar-refractivity contribution in [1.82, 2.24) is 4.98 Å². The molecular formula is C14H16N2O3S. The Labute approximate surface area is 121 Å². The molecule has 1 aromatic carbocycles. The van der Waals surface area contributed by atoms with Crippen molar-refractivity contribution in [3.05, 3.63) is 40.9 Å². The molecule has 0 atom stereocenters. The quantitative estimate of drug-likeness (QED) is 0.888. The van der Waals surface area contributed by atoms with Crippen molar-refractivity contribution in [2.45, 2.75) is 26.6 Å². The second-order valence-electron chi connectivity index (χ2n) is 4.48. The Morgan fingerprint density at radius 2 is 2.25 bits per heavy atom. The molecule has 0 radical (unpaired) electrons. The van der Waals surface area contributed by atoms with Crippen LogP contribution in [0, 0.1) is 0 Å². The smallest absolute Gasteiger partial charge is 0.257 e. The molecule has 1 amide bonds. The number of aliphatic hydroxyl groups excluding tert-OH is 1. The number of hydrogen-bond donors (Lipinski definition) is 2. The zero-order valence-electron chi connectivity index (χ0n) is 11.3. The topological polar surface area (TPSA) is 71.5 Å². The molecule has 0 aliphatic carbocycles. The highest BCUT2D eigenvalue weighted by Gasteiger charge is 2.11. The summed E-state index contributed by atoms with van der Waals surface area (Å²) in [6.07, 6.45) is 1.62. The minimum absolute atomic E-state index is 0.00110. The van der Waals surface area contributed by atoms with Gasteiger partial charge in [0.05, 0.1) is 12.7 Å². The van der Waals surface area contributed by atoms with Crippen molar-refractivity contribution in [2.24, 2.45) is 0 Å². The third kappa shape index (κ3) is 3.79. The summed E-state index contributed by atoms with van der Waals surface area (Å²) < 4.78 is 5.58. The Balaban J connectivity index is 2.23. The van der Waals surface area contributed by atoms with Gasteiger partial charge in [-0.15, -0.1) is 11.3 Å². The van der Waals surface area contributed by atoms with Gasteiger partial charge < -0.3 is 9.84 Å². The van der Waals surface area contributed by atoms with Gasteiger partial charge in [-0.1, -0.05) is 0 Å². The van der Waals surface area contributed by atoms with Crippen LogP contribution in [-0.4, -0.2) is 22.1 Å². The molecule has 0 fully saturated rings. The second kappa shape index (κ2) is 6.49. The molecule has 1 heterocycles. The van der Waals surface area contributed by atoms with Crippen molar-refractivity contribution in [2.75, 3.05) is 5.32 Å². The minimum Gasteiger partial charge on any atom is -0.491 e. The fourth-order valence-corrected chi connectivity index (χ4v) is 2.20. The Bertz CT molecular complexity index is 582. The summed E-state index contributed by atoms with van der Waals surface area (Å²) in [6, 6.07) is 5.01. The van der Waals surface area contributed by atoms with Crippen LogP contribution in [-0.2, 0) is 6.61 Å². The number of thiazole rings is 1. The van der Waals surface area contributed by atoms with E-state index < -0.39 is 0 Å². The summed E-state index contributed by atoms with van der Waals surface area (Å²) in [7, 11) is 0. The van der Waals surface area contributed by atoms with Gasteiger partial charge in [-0.2, -0.15) is 0 Å².